The summed E-state index contributed by atoms with van der Waals surface area (Å²) >= 11 is 0. The van der Waals surface area contributed by atoms with Gasteiger partial charge in [0.05, 0.1) is 6.10 Å². The van der Waals surface area contributed by atoms with E-state index in [0.717, 1.165) is 0 Å². The summed E-state index contributed by atoms with van der Waals surface area (Å²) in [6.45, 7) is -2.16. The van der Waals surface area contributed by atoms with E-state index in [1.165, 1.54) is 29.2 Å². The van der Waals surface area contributed by atoms with Crippen molar-refractivity contribution in [2.75, 3.05) is 13.1 Å². The van der Waals surface area contributed by atoms with Crippen LogP contribution in [0.2, 0.25) is 0 Å². The molecule has 0 aromatic heterocycles. The number of carbonyl (C=O) groups is 1. The Morgan fingerprint density at radius 3 is 2.89 bits per heavy atom. The van der Waals surface area contributed by atoms with Crippen molar-refractivity contribution in [2.45, 2.75) is 19.1 Å². The van der Waals surface area contributed by atoms with Gasteiger partial charge in [0, 0.05) is 18.7 Å². The van der Waals surface area contributed by atoms with Gasteiger partial charge in [-0.1, -0.05) is 6.07 Å². The summed E-state index contributed by atoms with van der Waals surface area (Å²) < 4.78 is 28.3. The summed E-state index contributed by atoms with van der Waals surface area (Å²) in [5.41, 5.74) is 0.280. The SMILES string of the molecule is O=C(c1cccc(OC(F)F)c1)N1CCC(O)C1. The lowest BCUT2D eigenvalue weighted by molar-refractivity contribution is -0.0499. The average Bonchev–Trinajstić information content (AvgIpc) is 2.74. The minimum absolute atomic E-state index is 0.0457. The number of rotatable bonds is 3. The van der Waals surface area contributed by atoms with Crippen LogP contribution >= 0.6 is 0 Å². The number of aliphatic hydroxyl groups is 1. The van der Waals surface area contributed by atoms with Gasteiger partial charge in [-0.2, -0.15) is 8.78 Å². The van der Waals surface area contributed by atoms with Crippen molar-refractivity contribution >= 4 is 5.91 Å². The smallest absolute Gasteiger partial charge is 0.387 e. The maximum atomic E-state index is 12.1. The molecule has 1 unspecified atom stereocenters. The van der Waals surface area contributed by atoms with E-state index in [1.807, 2.05) is 0 Å². The summed E-state index contributed by atoms with van der Waals surface area (Å²) in [7, 11) is 0. The molecule has 1 aromatic rings. The number of hydrogen-bond donors (Lipinski definition) is 1. The van der Waals surface area contributed by atoms with Crippen LogP contribution in [0.1, 0.15) is 16.8 Å². The van der Waals surface area contributed by atoms with Gasteiger partial charge in [0.1, 0.15) is 5.75 Å². The van der Waals surface area contributed by atoms with E-state index in [9.17, 15) is 18.7 Å². The van der Waals surface area contributed by atoms with Gasteiger partial charge in [-0.3, -0.25) is 4.79 Å². The minimum Gasteiger partial charge on any atom is -0.435 e. The molecule has 6 heteroatoms. The normalized spacial score (nSPS) is 19.3. The fraction of sp³-hybridized carbons (Fsp3) is 0.417. The van der Waals surface area contributed by atoms with Gasteiger partial charge in [0.25, 0.3) is 5.91 Å². The van der Waals surface area contributed by atoms with Crippen molar-refractivity contribution in [3.05, 3.63) is 29.8 Å². The zero-order valence-corrected chi connectivity index (χ0v) is 9.55. The number of benzene rings is 1. The second-order valence-electron chi connectivity index (χ2n) is 4.10. The van der Waals surface area contributed by atoms with Crippen LogP contribution in [0.3, 0.4) is 0 Å². The zero-order chi connectivity index (χ0) is 13.1. The lowest BCUT2D eigenvalue weighted by atomic mass is 10.2. The van der Waals surface area contributed by atoms with Crippen molar-refractivity contribution < 1.29 is 23.4 Å². The molecule has 4 nitrogen and oxygen atoms in total. The topological polar surface area (TPSA) is 49.8 Å². The Bertz CT molecular complexity index is 439. The van der Waals surface area contributed by atoms with E-state index in [2.05, 4.69) is 4.74 Å². The third-order valence-corrected chi connectivity index (χ3v) is 2.76. The Balaban J connectivity index is 2.10. The Labute approximate surface area is 103 Å². The Hall–Kier alpha value is -1.69. The molecule has 1 atom stereocenters. The second-order valence-corrected chi connectivity index (χ2v) is 4.10. The van der Waals surface area contributed by atoms with Gasteiger partial charge >= 0.3 is 6.61 Å². The molecule has 1 heterocycles. The molecule has 1 amide bonds. The average molecular weight is 257 g/mol. The monoisotopic (exact) mass is 257 g/mol. The predicted octanol–water partition coefficient (Wildman–Crippen LogP) is 1.49. The van der Waals surface area contributed by atoms with E-state index in [0.29, 0.717) is 13.0 Å². The zero-order valence-electron chi connectivity index (χ0n) is 9.55. The lowest BCUT2D eigenvalue weighted by Gasteiger charge is -2.16. The molecule has 0 saturated carbocycles. The standard InChI is InChI=1S/C12H13F2NO3/c13-12(14)18-10-3-1-2-8(6-10)11(17)15-5-4-9(16)7-15/h1-3,6,9,12,16H,4-5,7H2. The van der Waals surface area contributed by atoms with Gasteiger partial charge in [-0.25, -0.2) is 0 Å². The first-order valence-corrected chi connectivity index (χ1v) is 5.58. The number of halogens is 2. The number of alkyl halides is 2. The lowest BCUT2D eigenvalue weighted by Crippen LogP contribution is -2.29. The van der Waals surface area contributed by atoms with Crippen molar-refractivity contribution in [3.8, 4) is 5.75 Å². The van der Waals surface area contributed by atoms with Crippen molar-refractivity contribution in [2.24, 2.45) is 0 Å². The molecular weight excluding hydrogens is 244 g/mol. The maximum absolute atomic E-state index is 12.1. The fourth-order valence-corrected chi connectivity index (χ4v) is 1.91. The van der Waals surface area contributed by atoms with Crippen molar-refractivity contribution in [3.63, 3.8) is 0 Å². The molecule has 0 bridgehead atoms. The third-order valence-electron chi connectivity index (χ3n) is 2.76. The molecule has 1 N–H and O–H groups in total. The number of amides is 1. The highest BCUT2D eigenvalue weighted by atomic mass is 19.3. The van der Waals surface area contributed by atoms with Gasteiger partial charge < -0.3 is 14.7 Å². The summed E-state index contributed by atoms with van der Waals surface area (Å²) in [6.07, 6.45) is 0.0355. The minimum atomic E-state index is -2.91. The largest absolute Gasteiger partial charge is 0.435 e. The molecule has 98 valence electrons. The number of hydrogen-bond acceptors (Lipinski definition) is 3. The number of likely N-dealkylation sites (tertiary alicyclic amines) is 1. The van der Waals surface area contributed by atoms with E-state index in [-0.39, 0.29) is 23.8 Å². The van der Waals surface area contributed by atoms with Gasteiger partial charge in [-0.15, -0.1) is 0 Å². The predicted molar refractivity (Wildman–Crippen MR) is 59.6 cm³/mol. The van der Waals surface area contributed by atoms with Crippen LogP contribution in [0.5, 0.6) is 5.75 Å². The van der Waals surface area contributed by atoms with Gasteiger partial charge in [0.2, 0.25) is 0 Å². The molecule has 1 aliphatic rings. The molecule has 0 spiro atoms. The Kier molecular flexibility index (Phi) is 3.76. The van der Waals surface area contributed by atoms with Gasteiger partial charge in [-0.05, 0) is 24.6 Å². The summed E-state index contributed by atoms with van der Waals surface area (Å²) in [6, 6.07) is 5.66. The van der Waals surface area contributed by atoms with Gasteiger partial charge in [0.15, 0.2) is 0 Å². The highest BCUT2D eigenvalue weighted by molar-refractivity contribution is 5.94. The number of nitrogens with zero attached hydrogens (tertiary/aromatic N) is 1. The third kappa shape index (κ3) is 2.95. The van der Waals surface area contributed by atoms with Crippen LogP contribution in [0, 0.1) is 0 Å². The molecule has 1 fully saturated rings. The van der Waals surface area contributed by atoms with Crippen LogP contribution in [-0.2, 0) is 0 Å². The van der Waals surface area contributed by atoms with Crippen molar-refractivity contribution in [1.29, 1.82) is 0 Å². The quantitative estimate of drug-likeness (QED) is 0.892. The Morgan fingerprint density at radius 2 is 2.28 bits per heavy atom. The highest BCUT2D eigenvalue weighted by Crippen LogP contribution is 2.19. The molecular formula is C12H13F2NO3. The molecule has 18 heavy (non-hydrogen) atoms. The molecule has 1 aliphatic heterocycles. The summed E-state index contributed by atoms with van der Waals surface area (Å²) in [5.74, 6) is -0.332. The number of aliphatic hydroxyl groups excluding tert-OH is 1. The Morgan fingerprint density at radius 1 is 1.50 bits per heavy atom. The number of β-amino-alcohol motifs (C(OH)–C–C–N with tert-alkyl or cyclic N) is 1. The number of carbonyl (C=O) groups excluding carboxylic acids is 1. The molecule has 0 aliphatic carbocycles. The van der Waals surface area contributed by atoms with Crippen LogP contribution in [-0.4, -0.2) is 41.7 Å². The molecule has 1 aromatic carbocycles. The van der Waals surface area contributed by atoms with E-state index in [1.54, 1.807) is 0 Å². The first-order chi connectivity index (χ1) is 8.56. The van der Waals surface area contributed by atoms with Crippen LogP contribution < -0.4 is 4.74 Å². The maximum Gasteiger partial charge on any atom is 0.387 e. The van der Waals surface area contributed by atoms with Crippen LogP contribution in [0.15, 0.2) is 24.3 Å². The molecule has 0 radical (unpaired) electrons. The summed E-state index contributed by atoms with van der Waals surface area (Å²) in [5, 5.41) is 9.35. The first-order valence-electron chi connectivity index (χ1n) is 5.58. The van der Waals surface area contributed by atoms with E-state index < -0.39 is 12.7 Å². The summed E-state index contributed by atoms with van der Waals surface area (Å²) in [4.78, 5) is 13.5. The molecule has 1 saturated heterocycles. The number of ether oxygens (including phenoxy) is 1. The van der Waals surface area contributed by atoms with Crippen LogP contribution in [0.25, 0.3) is 0 Å². The highest BCUT2D eigenvalue weighted by Gasteiger charge is 2.25. The fourth-order valence-electron chi connectivity index (χ4n) is 1.91. The van der Waals surface area contributed by atoms with E-state index >= 15 is 0 Å². The first kappa shape index (κ1) is 12.8. The molecule has 2 rings (SSSR count). The van der Waals surface area contributed by atoms with Crippen molar-refractivity contribution in [1.82, 2.24) is 4.90 Å². The van der Waals surface area contributed by atoms with E-state index in [4.69, 9.17) is 0 Å². The second kappa shape index (κ2) is 5.30. The van der Waals surface area contributed by atoms with Crippen LogP contribution in [0.4, 0.5) is 8.78 Å².